The molecule has 0 bridgehead atoms. The van der Waals surface area contributed by atoms with Crippen LogP contribution in [0.5, 0.6) is 0 Å². The van der Waals surface area contributed by atoms with Crippen molar-refractivity contribution in [3.63, 3.8) is 0 Å². The van der Waals surface area contributed by atoms with Gasteiger partial charge in [-0.2, -0.15) is 0 Å². The molecule has 2 fully saturated rings. The molecule has 4 heteroatoms. The highest BCUT2D eigenvalue weighted by molar-refractivity contribution is 5.30. The summed E-state index contributed by atoms with van der Waals surface area (Å²) in [6.07, 6.45) is 10.2. The number of nitrogens with one attached hydrogen (secondary N) is 1. The molecule has 2 aliphatic rings. The minimum Gasteiger partial charge on any atom is -0.355 e. The van der Waals surface area contributed by atoms with Gasteiger partial charge in [0.15, 0.2) is 0 Å². The van der Waals surface area contributed by atoms with E-state index < -0.39 is 0 Å². The van der Waals surface area contributed by atoms with Gasteiger partial charge < -0.3 is 14.8 Å². The summed E-state index contributed by atoms with van der Waals surface area (Å²) in [5.74, 6) is 1.91. The minimum atomic E-state index is 0.677. The Hall–Kier alpha value is -1.03. The fourth-order valence-electron chi connectivity index (χ4n) is 3.61. The van der Waals surface area contributed by atoms with Crippen LogP contribution in [-0.2, 0) is 0 Å². The molecule has 0 radical (unpaired) electrons. The van der Waals surface area contributed by atoms with Crippen LogP contribution < -0.4 is 5.32 Å². The Morgan fingerprint density at radius 1 is 1.20 bits per heavy atom. The van der Waals surface area contributed by atoms with Gasteiger partial charge in [0.25, 0.3) is 0 Å². The lowest BCUT2D eigenvalue weighted by atomic mass is 9.97. The zero-order valence-electron chi connectivity index (χ0n) is 12.9. The molecule has 0 spiro atoms. The number of rotatable bonds is 4. The smallest absolute Gasteiger partial charge is 0.203 e. The lowest BCUT2D eigenvalue weighted by molar-refractivity contribution is 0.226. The Kier molecular flexibility index (Phi) is 4.29. The highest BCUT2D eigenvalue weighted by Gasteiger charge is 2.21. The Morgan fingerprint density at radius 2 is 1.90 bits per heavy atom. The van der Waals surface area contributed by atoms with E-state index in [0.717, 1.165) is 24.1 Å². The van der Waals surface area contributed by atoms with Gasteiger partial charge in [0.05, 0.1) is 5.69 Å². The molecular formula is C16H28N4. The van der Waals surface area contributed by atoms with Crippen molar-refractivity contribution in [2.75, 3.05) is 32.0 Å². The normalized spacial score (nSPS) is 22.5. The molecule has 3 rings (SSSR count). The first-order chi connectivity index (χ1) is 9.72. The molecular weight excluding hydrogens is 248 g/mol. The summed E-state index contributed by atoms with van der Waals surface area (Å²) >= 11 is 0. The van der Waals surface area contributed by atoms with Crippen LogP contribution in [0.2, 0.25) is 0 Å². The van der Waals surface area contributed by atoms with Gasteiger partial charge in [-0.25, -0.2) is 4.98 Å². The van der Waals surface area contributed by atoms with Gasteiger partial charge in [0, 0.05) is 18.8 Å². The predicted octanol–water partition coefficient (Wildman–Crippen LogP) is 3.06. The summed E-state index contributed by atoms with van der Waals surface area (Å²) in [6, 6.07) is 0.677. The van der Waals surface area contributed by atoms with Crippen LogP contribution >= 0.6 is 0 Å². The van der Waals surface area contributed by atoms with E-state index in [-0.39, 0.29) is 0 Å². The van der Waals surface area contributed by atoms with Gasteiger partial charge >= 0.3 is 0 Å². The maximum Gasteiger partial charge on any atom is 0.203 e. The van der Waals surface area contributed by atoms with E-state index in [0.29, 0.717) is 6.04 Å². The lowest BCUT2D eigenvalue weighted by Crippen LogP contribution is -2.33. The molecule has 1 aromatic rings. The Bertz CT molecular complexity index is 426. The fraction of sp³-hybridized carbons (Fsp3) is 0.812. The Labute approximate surface area is 122 Å². The molecule has 112 valence electrons. The van der Waals surface area contributed by atoms with E-state index >= 15 is 0 Å². The molecule has 0 aromatic carbocycles. The average Bonchev–Trinajstić information content (AvgIpc) is 3.07. The summed E-state index contributed by atoms with van der Waals surface area (Å²) < 4.78 is 2.40. The molecule has 1 aliphatic carbocycles. The number of hydrogen-bond donors (Lipinski definition) is 1. The summed E-state index contributed by atoms with van der Waals surface area (Å²) in [5, 5.41) is 3.63. The molecule has 20 heavy (non-hydrogen) atoms. The molecule has 0 atom stereocenters. The minimum absolute atomic E-state index is 0.677. The number of hydrogen-bond acceptors (Lipinski definition) is 3. The lowest BCUT2D eigenvalue weighted by Gasteiger charge is -2.29. The fourth-order valence-corrected chi connectivity index (χ4v) is 3.61. The summed E-state index contributed by atoms with van der Waals surface area (Å²) in [5.41, 5.74) is 1.14. The van der Waals surface area contributed by atoms with Crippen LogP contribution in [-0.4, -0.2) is 41.1 Å². The first-order valence-electron chi connectivity index (χ1n) is 8.20. The average molecular weight is 276 g/mol. The number of anilines is 1. The van der Waals surface area contributed by atoms with Crippen molar-refractivity contribution in [2.24, 2.45) is 5.92 Å². The number of imidazole rings is 1. The van der Waals surface area contributed by atoms with Gasteiger partial charge in [-0.05, 0) is 58.7 Å². The van der Waals surface area contributed by atoms with E-state index in [1.54, 1.807) is 0 Å². The molecule has 4 nitrogen and oxygen atoms in total. The van der Waals surface area contributed by atoms with E-state index in [1.807, 2.05) is 0 Å². The number of piperidine rings is 1. The van der Waals surface area contributed by atoms with Crippen molar-refractivity contribution in [3.8, 4) is 0 Å². The predicted molar refractivity (Wildman–Crippen MR) is 83.2 cm³/mol. The molecule has 1 aliphatic heterocycles. The molecule has 1 N–H and O–H groups in total. The van der Waals surface area contributed by atoms with Crippen molar-refractivity contribution in [3.05, 3.63) is 11.9 Å². The largest absolute Gasteiger partial charge is 0.355 e. The van der Waals surface area contributed by atoms with Crippen molar-refractivity contribution >= 4 is 5.95 Å². The van der Waals surface area contributed by atoms with E-state index in [1.165, 1.54) is 51.6 Å². The third kappa shape index (κ3) is 3.17. The molecule has 1 saturated heterocycles. The van der Waals surface area contributed by atoms with E-state index in [9.17, 15) is 0 Å². The Morgan fingerprint density at radius 3 is 2.60 bits per heavy atom. The third-order valence-corrected chi connectivity index (χ3v) is 4.96. The van der Waals surface area contributed by atoms with Crippen LogP contribution in [0.1, 0.15) is 50.3 Å². The van der Waals surface area contributed by atoms with Crippen LogP contribution in [0.25, 0.3) is 0 Å². The first kappa shape index (κ1) is 13.9. The second-order valence-corrected chi connectivity index (χ2v) is 6.68. The van der Waals surface area contributed by atoms with Crippen LogP contribution in [0.3, 0.4) is 0 Å². The first-order valence-corrected chi connectivity index (χ1v) is 8.20. The molecule has 1 aromatic heterocycles. The van der Waals surface area contributed by atoms with Gasteiger partial charge in [-0.1, -0.05) is 12.8 Å². The Balaban J connectivity index is 1.59. The monoisotopic (exact) mass is 276 g/mol. The zero-order valence-corrected chi connectivity index (χ0v) is 12.9. The van der Waals surface area contributed by atoms with Gasteiger partial charge in [-0.15, -0.1) is 0 Å². The van der Waals surface area contributed by atoms with Crippen molar-refractivity contribution in [2.45, 2.75) is 51.5 Å². The number of nitrogens with zero attached hydrogens (tertiary/aromatic N) is 3. The molecule has 2 heterocycles. The van der Waals surface area contributed by atoms with E-state index in [2.05, 4.69) is 35.0 Å². The van der Waals surface area contributed by atoms with Gasteiger partial charge in [0.1, 0.15) is 0 Å². The third-order valence-electron chi connectivity index (χ3n) is 4.96. The van der Waals surface area contributed by atoms with E-state index in [4.69, 9.17) is 4.98 Å². The molecule has 1 saturated carbocycles. The van der Waals surface area contributed by atoms with Crippen molar-refractivity contribution in [1.82, 2.24) is 14.5 Å². The van der Waals surface area contributed by atoms with Crippen molar-refractivity contribution < 1.29 is 0 Å². The van der Waals surface area contributed by atoms with Crippen LogP contribution in [0, 0.1) is 12.8 Å². The topological polar surface area (TPSA) is 33.1 Å². The van der Waals surface area contributed by atoms with Gasteiger partial charge in [0.2, 0.25) is 5.95 Å². The summed E-state index contributed by atoms with van der Waals surface area (Å²) in [6.45, 7) is 5.66. The standard InChI is InChI=1S/C16H28N4/c1-13-12-20(15-5-3-4-6-15)16(18-13)17-11-14-7-9-19(2)10-8-14/h12,14-15H,3-11H2,1-2H3,(H,17,18). The number of aromatic nitrogens is 2. The molecule has 0 unspecified atom stereocenters. The number of likely N-dealkylation sites (tertiary alicyclic amines) is 1. The van der Waals surface area contributed by atoms with Crippen molar-refractivity contribution in [1.29, 1.82) is 0 Å². The molecule has 0 amide bonds. The van der Waals surface area contributed by atoms with Gasteiger partial charge in [-0.3, -0.25) is 0 Å². The maximum absolute atomic E-state index is 4.70. The second-order valence-electron chi connectivity index (χ2n) is 6.68. The highest BCUT2D eigenvalue weighted by atomic mass is 15.2. The second kappa shape index (κ2) is 6.17. The SMILES string of the molecule is Cc1cn(C2CCCC2)c(NCC2CCN(C)CC2)n1. The summed E-state index contributed by atoms with van der Waals surface area (Å²) in [4.78, 5) is 7.13. The number of aryl methyl sites for hydroxylation is 1. The highest BCUT2D eigenvalue weighted by Crippen LogP contribution is 2.32. The summed E-state index contributed by atoms with van der Waals surface area (Å²) in [7, 11) is 2.22. The van der Waals surface area contributed by atoms with Crippen LogP contribution in [0.4, 0.5) is 5.95 Å². The zero-order chi connectivity index (χ0) is 13.9. The quantitative estimate of drug-likeness (QED) is 0.917. The maximum atomic E-state index is 4.70. The van der Waals surface area contributed by atoms with Crippen LogP contribution in [0.15, 0.2) is 6.20 Å².